The molecular weight excluding hydrogens is 289 g/mol. The van der Waals surface area contributed by atoms with E-state index in [0.29, 0.717) is 10.0 Å². The average Bonchev–Trinajstić information content (AvgIpc) is 2.37. The SMILES string of the molecule is Cc1ccc(CC(N)Cc2ccc(Cl)cc2Cl)cc1C. The molecule has 0 amide bonds. The van der Waals surface area contributed by atoms with Crippen molar-refractivity contribution < 1.29 is 0 Å². The van der Waals surface area contributed by atoms with Crippen LogP contribution in [0.5, 0.6) is 0 Å². The zero-order valence-corrected chi connectivity index (χ0v) is 13.3. The second-order valence-corrected chi connectivity index (χ2v) is 6.17. The van der Waals surface area contributed by atoms with Gasteiger partial charge in [0.15, 0.2) is 0 Å². The van der Waals surface area contributed by atoms with Gasteiger partial charge in [-0.1, -0.05) is 47.5 Å². The summed E-state index contributed by atoms with van der Waals surface area (Å²) in [6, 6.07) is 12.1. The molecule has 0 aliphatic carbocycles. The Morgan fingerprint density at radius 1 is 0.950 bits per heavy atom. The number of benzene rings is 2. The van der Waals surface area contributed by atoms with Crippen LogP contribution in [0.15, 0.2) is 36.4 Å². The molecule has 2 rings (SSSR count). The van der Waals surface area contributed by atoms with Gasteiger partial charge < -0.3 is 5.73 Å². The van der Waals surface area contributed by atoms with Gasteiger partial charge in [-0.15, -0.1) is 0 Å². The molecule has 0 bridgehead atoms. The first-order valence-electron chi connectivity index (χ1n) is 6.71. The molecule has 0 heterocycles. The predicted octanol–water partition coefficient (Wildman–Crippen LogP) is 4.72. The van der Waals surface area contributed by atoms with Crippen molar-refractivity contribution in [2.45, 2.75) is 32.7 Å². The Morgan fingerprint density at radius 3 is 2.35 bits per heavy atom. The van der Waals surface area contributed by atoms with Gasteiger partial charge in [0.05, 0.1) is 0 Å². The van der Waals surface area contributed by atoms with Crippen molar-refractivity contribution in [2.24, 2.45) is 5.73 Å². The number of hydrogen-bond acceptors (Lipinski definition) is 1. The van der Waals surface area contributed by atoms with Gasteiger partial charge in [-0.05, 0) is 61.1 Å². The van der Waals surface area contributed by atoms with Gasteiger partial charge in [0, 0.05) is 16.1 Å². The average molecular weight is 308 g/mol. The third-order valence-electron chi connectivity index (χ3n) is 3.57. The van der Waals surface area contributed by atoms with Crippen LogP contribution in [-0.4, -0.2) is 6.04 Å². The van der Waals surface area contributed by atoms with E-state index in [-0.39, 0.29) is 6.04 Å². The van der Waals surface area contributed by atoms with Crippen LogP contribution in [0.4, 0.5) is 0 Å². The van der Waals surface area contributed by atoms with Gasteiger partial charge >= 0.3 is 0 Å². The highest BCUT2D eigenvalue weighted by molar-refractivity contribution is 6.35. The summed E-state index contributed by atoms with van der Waals surface area (Å²) >= 11 is 12.1. The van der Waals surface area contributed by atoms with Crippen molar-refractivity contribution in [1.29, 1.82) is 0 Å². The first kappa shape index (κ1) is 15.4. The minimum Gasteiger partial charge on any atom is -0.327 e. The number of aryl methyl sites for hydroxylation is 2. The molecule has 1 atom stereocenters. The fourth-order valence-electron chi connectivity index (χ4n) is 2.28. The standard InChI is InChI=1S/C17H19Cl2N/c1-11-3-4-13(7-12(11)2)8-16(20)9-14-5-6-15(18)10-17(14)19/h3-7,10,16H,8-9,20H2,1-2H3. The molecule has 0 aliphatic rings. The maximum atomic E-state index is 6.24. The molecule has 2 aromatic carbocycles. The molecule has 0 aromatic heterocycles. The van der Waals surface area contributed by atoms with Gasteiger partial charge in [0.25, 0.3) is 0 Å². The first-order valence-corrected chi connectivity index (χ1v) is 7.47. The van der Waals surface area contributed by atoms with E-state index >= 15 is 0 Å². The Labute approximate surface area is 130 Å². The van der Waals surface area contributed by atoms with Gasteiger partial charge in [-0.2, -0.15) is 0 Å². The van der Waals surface area contributed by atoms with Crippen LogP contribution in [0.2, 0.25) is 10.0 Å². The van der Waals surface area contributed by atoms with Crippen LogP contribution in [0, 0.1) is 13.8 Å². The second kappa shape index (κ2) is 6.62. The predicted molar refractivity (Wildman–Crippen MR) is 87.8 cm³/mol. The van der Waals surface area contributed by atoms with E-state index in [0.717, 1.165) is 18.4 Å². The zero-order chi connectivity index (χ0) is 14.7. The van der Waals surface area contributed by atoms with Crippen molar-refractivity contribution in [3.05, 3.63) is 68.7 Å². The van der Waals surface area contributed by atoms with Crippen molar-refractivity contribution in [2.75, 3.05) is 0 Å². The quantitative estimate of drug-likeness (QED) is 0.868. The van der Waals surface area contributed by atoms with Crippen LogP contribution >= 0.6 is 23.2 Å². The topological polar surface area (TPSA) is 26.0 Å². The summed E-state index contributed by atoms with van der Waals surface area (Å²) in [4.78, 5) is 0. The van der Waals surface area contributed by atoms with E-state index in [4.69, 9.17) is 28.9 Å². The maximum Gasteiger partial charge on any atom is 0.0453 e. The van der Waals surface area contributed by atoms with E-state index in [1.807, 2.05) is 12.1 Å². The van der Waals surface area contributed by atoms with Crippen molar-refractivity contribution in [3.8, 4) is 0 Å². The van der Waals surface area contributed by atoms with Crippen LogP contribution < -0.4 is 5.73 Å². The Hall–Kier alpha value is -1.02. The minimum atomic E-state index is 0.0516. The van der Waals surface area contributed by atoms with E-state index in [1.54, 1.807) is 6.07 Å². The second-order valence-electron chi connectivity index (χ2n) is 5.32. The molecule has 2 N–H and O–H groups in total. The molecule has 2 aromatic rings. The lowest BCUT2D eigenvalue weighted by Crippen LogP contribution is -2.25. The van der Waals surface area contributed by atoms with Crippen molar-refractivity contribution in [1.82, 2.24) is 0 Å². The molecule has 0 spiro atoms. The monoisotopic (exact) mass is 307 g/mol. The Morgan fingerprint density at radius 2 is 1.70 bits per heavy atom. The highest BCUT2D eigenvalue weighted by Gasteiger charge is 2.09. The molecule has 0 saturated heterocycles. The fraction of sp³-hybridized carbons (Fsp3) is 0.294. The van der Waals surface area contributed by atoms with Crippen LogP contribution in [-0.2, 0) is 12.8 Å². The molecule has 0 fully saturated rings. The largest absolute Gasteiger partial charge is 0.327 e. The van der Waals surface area contributed by atoms with Crippen LogP contribution in [0.3, 0.4) is 0 Å². The molecule has 20 heavy (non-hydrogen) atoms. The van der Waals surface area contributed by atoms with E-state index in [2.05, 4.69) is 32.0 Å². The summed E-state index contributed by atoms with van der Waals surface area (Å²) in [5.41, 5.74) is 11.2. The Balaban J connectivity index is 2.04. The van der Waals surface area contributed by atoms with E-state index < -0.39 is 0 Å². The number of rotatable bonds is 4. The molecule has 0 radical (unpaired) electrons. The molecule has 1 unspecified atom stereocenters. The summed E-state index contributed by atoms with van der Waals surface area (Å²) in [6.07, 6.45) is 1.60. The third kappa shape index (κ3) is 3.99. The van der Waals surface area contributed by atoms with Crippen molar-refractivity contribution in [3.63, 3.8) is 0 Å². The lowest BCUT2D eigenvalue weighted by molar-refractivity contribution is 0.664. The molecule has 1 nitrogen and oxygen atoms in total. The Bertz CT molecular complexity index is 608. The van der Waals surface area contributed by atoms with E-state index in [1.165, 1.54) is 16.7 Å². The molecule has 0 saturated carbocycles. The van der Waals surface area contributed by atoms with E-state index in [9.17, 15) is 0 Å². The highest BCUT2D eigenvalue weighted by atomic mass is 35.5. The summed E-state index contributed by atoms with van der Waals surface area (Å²) in [5.74, 6) is 0. The molecule has 0 aliphatic heterocycles. The van der Waals surface area contributed by atoms with Gasteiger partial charge in [-0.25, -0.2) is 0 Å². The van der Waals surface area contributed by atoms with Crippen LogP contribution in [0.25, 0.3) is 0 Å². The number of halogens is 2. The zero-order valence-electron chi connectivity index (χ0n) is 11.8. The Kier molecular flexibility index (Phi) is 5.09. The lowest BCUT2D eigenvalue weighted by Gasteiger charge is -2.14. The molecule has 3 heteroatoms. The van der Waals surface area contributed by atoms with Gasteiger partial charge in [0.1, 0.15) is 0 Å². The van der Waals surface area contributed by atoms with Gasteiger partial charge in [-0.3, -0.25) is 0 Å². The molecule has 106 valence electrons. The minimum absolute atomic E-state index is 0.0516. The first-order chi connectivity index (χ1) is 9.45. The summed E-state index contributed by atoms with van der Waals surface area (Å²) in [6.45, 7) is 4.24. The maximum absolute atomic E-state index is 6.24. The summed E-state index contributed by atoms with van der Waals surface area (Å²) < 4.78 is 0. The molecular formula is C17H19Cl2N. The lowest BCUT2D eigenvalue weighted by atomic mass is 9.97. The number of hydrogen-bond donors (Lipinski definition) is 1. The third-order valence-corrected chi connectivity index (χ3v) is 4.15. The van der Waals surface area contributed by atoms with Crippen molar-refractivity contribution >= 4 is 23.2 Å². The summed E-state index contributed by atoms with van der Waals surface area (Å²) in [5, 5.41) is 1.34. The van der Waals surface area contributed by atoms with Crippen LogP contribution in [0.1, 0.15) is 22.3 Å². The fourth-order valence-corrected chi connectivity index (χ4v) is 2.76. The van der Waals surface area contributed by atoms with Gasteiger partial charge in [0.2, 0.25) is 0 Å². The smallest absolute Gasteiger partial charge is 0.0453 e. The normalized spacial score (nSPS) is 12.4. The number of nitrogens with two attached hydrogens (primary N) is 1. The summed E-state index contributed by atoms with van der Waals surface area (Å²) in [7, 11) is 0. The highest BCUT2D eigenvalue weighted by Crippen LogP contribution is 2.22.